The van der Waals surface area contributed by atoms with Gasteiger partial charge < -0.3 is 23.8 Å². The quantitative estimate of drug-likeness (QED) is 0.446. The van der Waals surface area contributed by atoms with Crippen molar-refractivity contribution in [1.29, 1.82) is 0 Å². The van der Waals surface area contributed by atoms with Gasteiger partial charge in [0.15, 0.2) is 11.5 Å². The smallest absolute Gasteiger partial charge is 0.291 e. The molecule has 0 saturated carbocycles. The average molecular weight is 363 g/mol. The number of carbonyl (C=O) groups is 1. The van der Waals surface area contributed by atoms with Gasteiger partial charge in [0, 0.05) is 19.2 Å². The third-order valence-corrected chi connectivity index (χ3v) is 4.25. The Morgan fingerprint density at radius 2 is 2.04 bits per heavy atom. The summed E-state index contributed by atoms with van der Waals surface area (Å²) in [7, 11) is 1.60. The van der Waals surface area contributed by atoms with Gasteiger partial charge >= 0.3 is 0 Å². The van der Waals surface area contributed by atoms with Crippen LogP contribution in [0.25, 0.3) is 0 Å². The van der Waals surface area contributed by atoms with E-state index in [1.807, 2.05) is 0 Å². The van der Waals surface area contributed by atoms with E-state index in [2.05, 4.69) is 15.2 Å². The maximum Gasteiger partial charge on any atom is 0.291 e. The fraction of sp³-hybridized carbons (Fsp3) is 0.556. The Balaban J connectivity index is 1.58. The molecule has 0 bridgehead atoms. The maximum absolute atomic E-state index is 12.5. The summed E-state index contributed by atoms with van der Waals surface area (Å²) in [6.07, 6.45) is 2.48. The van der Waals surface area contributed by atoms with Crippen molar-refractivity contribution in [2.24, 2.45) is 4.99 Å². The first-order valence-corrected chi connectivity index (χ1v) is 8.86. The predicted molar refractivity (Wildman–Crippen MR) is 95.8 cm³/mol. The van der Waals surface area contributed by atoms with Crippen LogP contribution in [0.4, 0.5) is 0 Å². The Morgan fingerprint density at radius 3 is 2.85 bits per heavy atom. The molecule has 2 aliphatic rings. The van der Waals surface area contributed by atoms with Crippen molar-refractivity contribution in [3.05, 3.63) is 23.8 Å². The van der Waals surface area contributed by atoms with Crippen LogP contribution >= 0.6 is 0 Å². The molecule has 0 aromatic heterocycles. The molecule has 0 unspecified atom stereocenters. The van der Waals surface area contributed by atoms with Crippen LogP contribution in [-0.2, 0) is 9.47 Å². The first-order chi connectivity index (χ1) is 12.8. The minimum Gasteiger partial charge on any atom is -0.463 e. The van der Waals surface area contributed by atoms with Crippen molar-refractivity contribution in [2.75, 3.05) is 53.3 Å². The lowest BCUT2D eigenvalue weighted by molar-refractivity contribution is 0.0953. The van der Waals surface area contributed by atoms with Gasteiger partial charge in [0.25, 0.3) is 11.9 Å². The molecule has 0 spiro atoms. The van der Waals surface area contributed by atoms with Gasteiger partial charge in [-0.3, -0.25) is 10.1 Å². The van der Waals surface area contributed by atoms with Gasteiger partial charge in [0.05, 0.1) is 13.2 Å². The highest BCUT2D eigenvalue weighted by molar-refractivity contribution is 6.04. The van der Waals surface area contributed by atoms with Crippen LogP contribution in [0.2, 0.25) is 0 Å². The molecule has 1 fully saturated rings. The molecule has 8 heteroatoms. The first-order valence-electron chi connectivity index (χ1n) is 8.86. The minimum absolute atomic E-state index is 0.170. The number of hydrogen-bond acceptors (Lipinski definition) is 7. The number of methoxy groups -OCH3 is 1. The summed E-state index contributed by atoms with van der Waals surface area (Å²) < 4.78 is 21.1. The molecule has 0 aliphatic carbocycles. The molecule has 1 N–H and O–H groups in total. The number of hydrogen-bond donors (Lipinski definition) is 1. The van der Waals surface area contributed by atoms with Crippen molar-refractivity contribution in [3.63, 3.8) is 0 Å². The Morgan fingerprint density at radius 1 is 1.23 bits per heavy atom. The highest BCUT2D eigenvalue weighted by Gasteiger charge is 2.17. The molecule has 1 aromatic carbocycles. The number of rotatable bonds is 7. The van der Waals surface area contributed by atoms with E-state index in [0.29, 0.717) is 36.8 Å². The van der Waals surface area contributed by atoms with Gasteiger partial charge in [0.2, 0.25) is 6.79 Å². The summed E-state index contributed by atoms with van der Waals surface area (Å²) in [6, 6.07) is 5.26. The summed E-state index contributed by atoms with van der Waals surface area (Å²) in [5.41, 5.74) is 0.455. The molecule has 1 aromatic rings. The van der Waals surface area contributed by atoms with Crippen molar-refractivity contribution in [2.45, 2.75) is 12.8 Å². The number of fused-ring (bicyclic) bond motifs is 1. The minimum atomic E-state index is -0.305. The maximum atomic E-state index is 12.5. The van der Waals surface area contributed by atoms with Crippen molar-refractivity contribution in [1.82, 2.24) is 10.2 Å². The van der Waals surface area contributed by atoms with Gasteiger partial charge in [-0.1, -0.05) is 0 Å². The van der Waals surface area contributed by atoms with Crippen molar-refractivity contribution < 1.29 is 23.7 Å². The molecular weight excluding hydrogens is 338 g/mol. The van der Waals surface area contributed by atoms with Crippen LogP contribution in [0.5, 0.6) is 11.5 Å². The van der Waals surface area contributed by atoms with E-state index in [9.17, 15) is 4.79 Å². The van der Waals surface area contributed by atoms with E-state index in [-0.39, 0.29) is 18.7 Å². The summed E-state index contributed by atoms with van der Waals surface area (Å²) >= 11 is 0. The summed E-state index contributed by atoms with van der Waals surface area (Å²) in [4.78, 5) is 19.3. The lowest BCUT2D eigenvalue weighted by Crippen LogP contribution is -2.34. The molecule has 1 amide bonds. The highest BCUT2D eigenvalue weighted by atomic mass is 16.7. The van der Waals surface area contributed by atoms with Gasteiger partial charge in [-0.25, -0.2) is 4.99 Å². The molecule has 26 heavy (non-hydrogen) atoms. The molecule has 2 heterocycles. The van der Waals surface area contributed by atoms with Crippen LogP contribution < -0.4 is 14.8 Å². The van der Waals surface area contributed by atoms with Gasteiger partial charge in [0.1, 0.15) is 6.61 Å². The van der Waals surface area contributed by atoms with Crippen LogP contribution in [0.15, 0.2) is 23.2 Å². The molecular formula is C18H25N3O5. The lowest BCUT2D eigenvalue weighted by Gasteiger charge is -2.14. The second-order valence-corrected chi connectivity index (χ2v) is 6.10. The number of nitrogens with one attached hydrogen (secondary N) is 1. The second-order valence-electron chi connectivity index (χ2n) is 6.10. The average Bonchev–Trinajstić information content (AvgIpc) is 3.32. The van der Waals surface area contributed by atoms with E-state index >= 15 is 0 Å². The van der Waals surface area contributed by atoms with E-state index in [0.717, 1.165) is 19.6 Å². The molecule has 2 aliphatic heterocycles. The van der Waals surface area contributed by atoms with E-state index in [1.165, 1.54) is 12.8 Å². The normalized spacial score (nSPS) is 16.7. The molecule has 0 atom stereocenters. The second kappa shape index (κ2) is 9.40. The lowest BCUT2D eigenvalue weighted by atomic mass is 10.2. The predicted octanol–water partition coefficient (Wildman–Crippen LogP) is 1.26. The Kier molecular flexibility index (Phi) is 6.68. The summed E-state index contributed by atoms with van der Waals surface area (Å²) in [6.45, 7) is 4.56. The monoisotopic (exact) mass is 363 g/mol. The standard InChI is InChI=1S/C18H25N3O5/c1-23-10-11-24-18(19-6-9-21-7-2-3-8-21)20-17(22)14-4-5-15-16(12-14)26-13-25-15/h4-5,12H,2-3,6-11,13H2,1H3,(H,19,20,22). The Hall–Kier alpha value is -2.32. The Bertz CT molecular complexity index is 644. The SMILES string of the molecule is COCCOC(=NCCN1CCCC1)NC(=O)c1ccc2c(c1)OCO2. The first kappa shape index (κ1) is 18.5. The zero-order valence-corrected chi connectivity index (χ0v) is 15.0. The molecule has 8 nitrogen and oxygen atoms in total. The molecule has 142 valence electrons. The van der Waals surface area contributed by atoms with Gasteiger partial charge in [-0.2, -0.15) is 0 Å². The third kappa shape index (κ3) is 5.09. The topological polar surface area (TPSA) is 81.6 Å². The van der Waals surface area contributed by atoms with Gasteiger partial charge in [-0.05, 0) is 44.1 Å². The number of benzene rings is 1. The Labute approximate surface area is 153 Å². The number of carbonyl (C=O) groups excluding carboxylic acids is 1. The number of amides is 1. The summed E-state index contributed by atoms with van der Waals surface area (Å²) in [5.74, 6) is 0.892. The van der Waals surface area contributed by atoms with Crippen molar-refractivity contribution >= 4 is 11.9 Å². The fourth-order valence-corrected chi connectivity index (χ4v) is 2.85. The zero-order valence-electron chi connectivity index (χ0n) is 15.0. The molecule has 0 radical (unpaired) electrons. The third-order valence-electron chi connectivity index (χ3n) is 4.25. The largest absolute Gasteiger partial charge is 0.463 e. The number of amidine groups is 1. The van der Waals surface area contributed by atoms with Crippen LogP contribution in [0.1, 0.15) is 23.2 Å². The molecule has 3 rings (SSSR count). The van der Waals surface area contributed by atoms with E-state index < -0.39 is 0 Å². The fourth-order valence-electron chi connectivity index (χ4n) is 2.85. The van der Waals surface area contributed by atoms with Crippen LogP contribution in [0.3, 0.4) is 0 Å². The van der Waals surface area contributed by atoms with Crippen LogP contribution in [0, 0.1) is 0 Å². The van der Waals surface area contributed by atoms with Gasteiger partial charge in [-0.15, -0.1) is 0 Å². The number of aliphatic imine (C=N–C) groups is 1. The van der Waals surface area contributed by atoms with E-state index in [1.54, 1.807) is 25.3 Å². The zero-order chi connectivity index (χ0) is 18.2. The molecule has 1 saturated heterocycles. The number of ether oxygens (including phenoxy) is 4. The highest BCUT2D eigenvalue weighted by Crippen LogP contribution is 2.32. The number of likely N-dealkylation sites (tertiary alicyclic amines) is 1. The number of nitrogens with zero attached hydrogens (tertiary/aromatic N) is 2. The van der Waals surface area contributed by atoms with E-state index in [4.69, 9.17) is 18.9 Å². The van der Waals surface area contributed by atoms with Crippen LogP contribution in [-0.4, -0.2) is 70.1 Å². The van der Waals surface area contributed by atoms with Crippen molar-refractivity contribution in [3.8, 4) is 11.5 Å². The summed E-state index contributed by atoms with van der Waals surface area (Å²) in [5, 5.41) is 2.73.